The Kier molecular flexibility index (Phi) is 3.26. The molecule has 0 amide bonds. The molecule has 0 spiro atoms. The Hall–Kier alpha value is -2.16. The molecule has 1 aromatic carbocycles. The largest absolute Gasteiger partial charge is 0.298 e. The van der Waals surface area contributed by atoms with Gasteiger partial charge in [0.2, 0.25) is 0 Å². The number of fused-ring (bicyclic) bond motifs is 3. The number of hydrogen-bond donors (Lipinski definition) is 0. The molecule has 0 bridgehead atoms. The van der Waals surface area contributed by atoms with Crippen LogP contribution < -0.4 is 0 Å². The first-order chi connectivity index (χ1) is 9.76. The Morgan fingerprint density at radius 2 is 2.10 bits per heavy atom. The highest BCUT2D eigenvalue weighted by molar-refractivity contribution is 6.04. The summed E-state index contributed by atoms with van der Waals surface area (Å²) in [7, 11) is 0. The summed E-state index contributed by atoms with van der Waals surface area (Å²) in [6.45, 7) is 4.08. The smallest absolute Gasteiger partial charge is 0.154 e. The molecule has 0 N–H and O–H groups in total. The highest BCUT2D eigenvalue weighted by Gasteiger charge is 2.14. The lowest BCUT2D eigenvalue weighted by atomic mass is 10.1. The highest BCUT2D eigenvalue weighted by Crippen LogP contribution is 2.26. The van der Waals surface area contributed by atoms with Crippen molar-refractivity contribution < 1.29 is 4.79 Å². The van der Waals surface area contributed by atoms with Crippen molar-refractivity contribution in [3.63, 3.8) is 0 Å². The molecule has 0 aliphatic rings. The third-order valence-electron chi connectivity index (χ3n) is 3.82. The molecule has 0 atom stereocenters. The second-order valence-electron chi connectivity index (χ2n) is 5.20. The summed E-state index contributed by atoms with van der Waals surface area (Å²) < 4.78 is 1.96. The number of rotatable bonds is 4. The quantitative estimate of drug-likeness (QED) is 0.670. The number of carbonyl (C=O) groups excluding carboxylic acids is 1. The molecule has 0 saturated carbocycles. The van der Waals surface area contributed by atoms with Gasteiger partial charge in [0, 0.05) is 11.1 Å². The molecule has 3 aromatic rings. The van der Waals surface area contributed by atoms with Crippen molar-refractivity contribution in [2.24, 2.45) is 0 Å². The zero-order chi connectivity index (χ0) is 14.1. The molecule has 102 valence electrons. The molecule has 2 aromatic heterocycles. The molecule has 3 rings (SSSR count). The Bertz CT molecular complexity index is 786. The molecule has 0 aliphatic carbocycles. The zero-order valence-corrected chi connectivity index (χ0v) is 11.9. The fourth-order valence-electron chi connectivity index (χ4n) is 2.76. The first-order valence-corrected chi connectivity index (χ1v) is 7.11. The number of carbonyl (C=O) groups is 1. The Morgan fingerprint density at radius 3 is 2.85 bits per heavy atom. The minimum atomic E-state index is 0.708. The fourth-order valence-corrected chi connectivity index (χ4v) is 2.76. The molecule has 2 heterocycles. The molecule has 0 saturated heterocycles. The number of pyridine rings is 1. The van der Waals surface area contributed by atoms with Crippen LogP contribution >= 0.6 is 0 Å². The number of benzene rings is 1. The van der Waals surface area contributed by atoms with E-state index in [0.717, 1.165) is 42.1 Å². The monoisotopic (exact) mass is 266 g/mol. The van der Waals surface area contributed by atoms with Gasteiger partial charge in [0.25, 0.3) is 0 Å². The second kappa shape index (κ2) is 5.08. The molecular weight excluding hydrogens is 248 g/mol. The van der Waals surface area contributed by atoms with Crippen LogP contribution in [0.2, 0.25) is 0 Å². The van der Waals surface area contributed by atoms with Crippen LogP contribution in [0.15, 0.2) is 30.3 Å². The molecule has 0 radical (unpaired) electrons. The van der Waals surface area contributed by atoms with E-state index in [1.165, 1.54) is 11.1 Å². The predicted molar refractivity (Wildman–Crippen MR) is 81.4 cm³/mol. The van der Waals surface area contributed by atoms with Crippen molar-refractivity contribution in [3.05, 3.63) is 47.3 Å². The van der Waals surface area contributed by atoms with Crippen LogP contribution in [-0.4, -0.2) is 15.9 Å². The van der Waals surface area contributed by atoms with Gasteiger partial charge in [0.15, 0.2) is 6.29 Å². The highest BCUT2D eigenvalue weighted by atomic mass is 16.1. The molecule has 0 fully saturated rings. The van der Waals surface area contributed by atoms with E-state index >= 15 is 0 Å². The van der Waals surface area contributed by atoms with Crippen molar-refractivity contribution in [3.8, 4) is 0 Å². The molecule has 3 heteroatoms. The minimum Gasteiger partial charge on any atom is -0.298 e. The number of hydrogen-bond acceptors (Lipinski definition) is 2. The summed E-state index contributed by atoms with van der Waals surface area (Å²) in [5.41, 5.74) is 3.63. The third-order valence-corrected chi connectivity index (χ3v) is 3.82. The van der Waals surface area contributed by atoms with Gasteiger partial charge >= 0.3 is 0 Å². The lowest BCUT2D eigenvalue weighted by Gasteiger charge is -2.08. The predicted octanol–water partition coefficient (Wildman–Crippen LogP) is 3.95. The number of aryl methyl sites for hydroxylation is 2. The summed E-state index contributed by atoms with van der Waals surface area (Å²) in [4.78, 5) is 11.4. The first-order valence-electron chi connectivity index (χ1n) is 7.11. The molecule has 0 aliphatic heterocycles. The van der Waals surface area contributed by atoms with Crippen molar-refractivity contribution in [2.45, 2.75) is 33.1 Å². The van der Waals surface area contributed by atoms with Gasteiger partial charge in [-0.25, -0.2) is 4.52 Å². The van der Waals surface area contributed by atoms with E-state index in [9.17, 15) is 4.79 Å². The van der Waals surface area contributed by atoms with E-state index in [1.54, 1.807) is 0 Å². The van der Waals surface area contributed by atoms with Gasteiger partial charge in [-0.05, 0) is 31.2 Å². The Labute approximate surface area is 118 Å². The van der Waals surface area contributed by atoms with E-state index in [4.69, 9.17) is 0 Å². The number of unbranched alkanes of at least 4 members (excludes halogenated alkanes) is 1. The summed E-state index contributed by atoms with van der Waals surface area (Å²) in [5.74, 6) is 0. The maximum absolute atomic E-state index is 11.4. The van der Waals surface area contributed by atoms with Crippen LogP contribution in [0.3, 0.4) is 0 Å². The van der Waals surface area contributed by atoms with Gasteiger partial charge in [-0.3, -0.25) is 4.79 Å². The summed E-state index contributed by atoms with van der Waals surface area (Å²) in [5, 5.41) is 6.84. The average Bonchev–Trinajstić information content (AvgIpc) is 2.81. The maximum Gasteiger partial charge on any atom is 0.154 e. The topological polar surface area (TPSA) is 34.4 Å². The van der Waals surface area contributed by atoms with Gasteiger partial charge in [0.1, 0.15) is 0 Å². The van der Waals surface area contributed by atoms with Crippen LogP contribution in [-0.2, 0) is 6.42 Å². The minimum absolute atomic E-state index is 0.708. The van der Waals surface area contributed by atoms with E-state index < -0.39 is 0 Å². The van der Waals surface area contributed by atoms with Gasteiger partial charge in [0.05, 0.1) is 16.8 Å². The van der Waals surface area contributed by atoms with E-state index in [2.05, 4.69) is 30.2 Å². The van der Waals surface area contributed by atoms with E-state index in [-0.39, 0.29) is 0 Å². The summed E-state index contributed by atoms with van der Waals surface area (Å²) in [6.07, 6.45) is 4.18. The first kappa shape index (κ1) is 12.9. The number of nitrogens with zero attached hydrogens (tertiary/aromatic N) is 2. The van der Waals surface area contributed by atoms with Crippen molar-refractivity contribution in [1.29, 1.82) is 0 Å². The van der Waals surface area contributed by atoms with Crippen molar-refractivity contribution in [2.75, 3.05) is 0 Å². The van der Waals surface area contributed by atoms with Crippen LogP contribution in [0.25, 0.3) is 16.3 Å². The van der Waals surface area contributed by atoms with Gasteiger partial charge in [-0.1, -0.05) is 37.6 Å². The Morgan fingerprint density at radius 1 is 1.30 bits per heavy atom. The third kappa shape index (κ3) is 1.90. The van der Waals surface area contributed by atoms with Crippen molar-refractivity contribution in [1.82, 2.24) is 9.61 Å². The van der Waals surface area contributed by atoms with E-state index in [0.29, 0.717) is 5.56 Å². The summed E-state index contributed by atoms with van der Waals surface area (Å²) in [6, 6.07) is 10.4. The molecule has 0 unspecified atom stereocenters. The second-order valence-corrected chi connectivity index (χ2v) is 5.20. The van der Waals surface area contributed by atoms with Crippen molar-refractivity contribution >= 4 is 22.6 Å². The van der Waals surface area contributed by atoms with E-state index in [1.807, 2.05) is 23.6 Å². The van der Waals surface area contributed by atoms with Crippen LogP contribution in [0.4, 0.5) is 0 Å². The van der Waals surface area contributed by atoms with Gasteiger partial charge in [-0.2, -0.15) is 5.10 Å². The molecule has 3 nitrogen and oxygen atoms in total. The average molecular weight is 266 g/mol. The number of aldehydes is 1. The van der Waals surface area contributed by atoms with Crippen LogP contribution in [0, 0.1) is 6.92 Å². The van der Waals surface area contributed by atoms with Crippen LogP contribution in [0.5, 0.6) is 0 Å². The maximum atomic E-state index is 11.4. The molecular formula is C17H18N2O. The van der Waals surface area contributed by atoms with Gasteiger partial charge < -0.3 is 0 Å². The fraction of sp³-hybridized carbons (Fsp3) is 0.294. The lowest BCUT2D eigenvalue weighted by molar-refractivity contribution is 0.112. The lowest BCUT2D eigenvalue weighted by Crippen LogP contribution is -2.00. The summed E-state index contributed by atoms with van der Waals surface area (Å²) >= 11 is 0. The Balaban J connectivity index is 2.41. The number of aromatic nitrogens is 2. The van der Waals surface area contributed by atoms with Gasteiger partial charge in [-0.15, -0.1) is 0 Å². The SMILES string of the molecule is CCCCc1cc2ccccc2c2c(C=O)c(C)nn12. The molecule has 20 heavy (non-hydrogen) atoms. The zero-order valence-electron chi connectivity index (χ0n) is 11.9. The van der Waals surface area contributed by atoms with Crippen LogP contribution in [0.1, 0.15) is 41.5 Å². The normalized spacial score (nSPS) is 11.3. The standard InChI is InChI=1S/C17H18N2O/c1-3-4-8-14-10-13-7-5-6-9-15(13)17-16(11-20)12(2)18-19(14)17/h5-7,9-11H,3-4,8H2,1-2H3.